The summed E-state index contributed by atoms with van der Waals surface area (Å²) in [5, 5.41) is 13.2. The summed E-state index contributed by atoms with van der Waals surface area (Å²) in [5.41, 5.74) is 0.569. The molecule has 0 saturated carbocycles. The first-order valence-electron chi connectivity index (χ1n) is 11.0. The Bertz CT molecular complexity index is 1310. The molecule has 12 nitrogen and oxygen atoms in total. The number of aromatic amines is 1. The van der Waals surface area contributed by atoms with Crippen molar-refractivity contribution in [3.8, 4) is 11.5 Å². The van der Waals surface area contributed by atoms with Gasteiger partial charge in [-0.3, -0.25) is 24.2 Å². The molecule has 0 spiro atoms. The third-order valence-corrected chi connectivity index (χ3v) is 5.58. The number of hydrogen-bond acceptors (Lipinski definition) is 10. The van der Waals surface area contributed by atoms with Crippen LogP contribution < -0.4 is 25.7 Å². The third kappa shape index (κ3) is 8.96. The number of rotatable bonds is 12. The quantitative estimate of drug-likeness (QED) is 0.235. The minimum atomic E-state index is -0.672. The summed E-state index contributed by atoms with van der Waals surface area (Å²) >= 11 is 1.00. The highest BCUT2D eigenvalue weighted by Crippen LogP contribution is 2.18. The fourth-order valence-corrected chi connectivity index (χ4v) is 3.55. The Morgan fingerprint density at radius 1 is 0.919 bits per heavy atom. The average Bonchev–Trinajstić information content (AvgIpc) is 2.90. The summed E-state index contributed by atoms with van der Waals surface area (Å²) in [7, 11) is 3.04. The van der Waals surface area contributed by atoms with Crippen LogP contribution >= 0.6 is 11.8 Å². The standard InChI is InChI=1S/C24H25N5O7S/c1-34-17-7-3-5-15(11-17)25-20(30)13-36-22(32)10-9-19-23(33)27-24(29-28-19)37-14-21(31)26-16-6-4-8-18(12-16)35-2/h3-8,11-12H,9-10,13-14H2,1-2H3,(H,25,30)(H,26,31)(H,27,29,33). The number of ether oxygens (including phenoxy) is 3. The van der Waals surface area contributed by atoms with Gasteiger partial charge in [0.2, 0.25) is 5.91 Å². The second kappa shape index (κ2) is 13.6. The van der Waals surface area contributed by atoms with Gasteiger partial charge in [-0.2, -0.15) is 0 Å². The number of aryl methyl sites for hydroxylation is 1. The van der Waals surface area contributed by atoms with Gasteiger partial charge in [-0.15, -0.1) is 10.2 Å². The van der Waals surface area contributed by atoms with Gasteiger partial charge < -0.3 is 24.8 Å². The van der Waals surface area contributed by atoms with Gasteiger partial charge in [0.05, 0.1) is 26.4 Å². The molecule has 3 N–H and O–H groups in total. The van der Waals surface area contributed by atoms with Crippen LogP contribution in [0.15, 0.2) is 58.5 Å². The number of thioether (sulfide) groups is 1. The lowest BCUT2D eigenvalue weighted by Crippen LogP contribution is -2.22. The fraction of sp³-hybridized carbons (Fsp3) is 0.250. The smallest absolute Gasteiger partial charge is 0.306 e. The van der Waals surface area contributed by atoms with Crippen LogP contribution in [0, 0.1) is 0 Å². The predicted octanol–water partition coefficient (Wildman–Crippen LogP) is 2.03. The summed E-state index contributed by atoms with van der Waals surface area (Å²) in [5.74, 6) is -0.321. The highest BCUT2D eigenvalue weighted by Gasteiger charge is 2.13. The Hall–Kier alpha value is -4.39. The van der Waals surface area contributed by atoms with Crippen LogP contribution in [-0.4, -0.2) is 59.5 Å². The van der Waals surface area contributed by atoms with Crippen molar-refractivity contribution < 1.29 is 28.6 Å². The third-order valence-electron chi connectivity index (χ3n) is 4.72. The summed E-state index contributed by atoms with van der Waals surface area (Å²) in [6.07, 6.45) is -0.195. The van der Waals surface area contributed by atoms with Crippen molar-refractivity contribution in [3.63, 3.8) is 0 Å². The molecule has 13 heteroatoms. The largest absolute Gasteiger partial charge is 0.497 e. The van der Waals surface area contributed by atoms with Gasteiger partial charge in [0.25, 0.3) is 11.5 Å². The molecule has 0 bridgehead atoms. The Morgan fingerprint density at radius 2 is 1.54 bits per heavy atom. The van der Waals surface area contributed by atoms with Gasteiger partial charge in [-0.25, -0.2) is 0 Å². The number of carbonyl (C=O) groups is 3. The van der Waals surface area contributed by atoms with Crippen molar-refractivity contribution in [2.45, 2.75) is 18.0 Å². The average molecular weight is 528 g/mol. The highest BCUT2D eigenvalue weighted by molar-refractivity contribution is 7.99. The molecule has 3 aromatic rings. The number of methoxy groups -OCH3 is 2. The summed E-state index contributed by atoms with van der Waals surface area (Å²) < 4.78 is 15.1. The number of nitrogens with zero attached hydrogens (tertiary/aromatic N) is 2. The molecule has 37 heavy (non-hydrogen) atoms. The molecule has 194 valence electrons. The fourth-order valence-electron chi connectivity index (χ4n) is 2.94. The molecule has 1 heterocycles. The first-order valence-corrected chi connectivity index (χ1v) is 12.0. The van der Waals surface area contributed by atoms with E-state index in [1.165, 1.54) is 14.2 Å². The first-order chi connectivity index (χ1) is 17.9. The Balaban J connectivity index is 1.40. The van der Waals surface area contributed by atoms with E-state index in [2.05, 4.69) is 25.8 Å². The zero-order valence-electron chi connectivity index (χ0n) is 20.1. The second-order valence-electron chi connectivity index (χ2n) is 7.42. The zero-order valence-corrected chi connectivity index (χ0v) is 20.9. The van der Waals surface area contributed by atoms with E-state index in [0.29, 0.717) is 22.9 Å². The number of esters is 1. The summed E-state index contributed by atoms with van der Waals surface area (Å²) in [4.78, 5) is 50.9. The van der Waals surface area contributed by atoms with E-state index in [1.807, 2.05) is 0 Å². The maximum atomic E-state index is 12.3. The number of hydrogen-bond donors (Lipinski definition) is 3. The summed E-state index contributed by atoms with van der Waals surface area (Å²) in [6.45, 7) is -0.481. The molecule has 0 aliphatic carbocycles. The molecule has 0 saturated heterocycles. The van der Waals surface area contributed by atoms with Gasteiger partial charge in [-0.05, 0) is 24.3 Å². The lowest BCUT2D eigenvalue weighted by Gasteiger charge is -2.08. The van der Waals surface area contributed by atoms with Crippen molar-refractivity contribution >= 4 is 40.9 Å². The van der Waals surface area contributed by atoms with Gasteiger partial charge in [0.1, 0.15) is 17.2 Å². The van der Waals surface area contributed by atoms with Gasteiger partial charge >= 0.3 is 5.97 Å². The number of anilines is 2. The molecule has 0 unspecified atom stereocenters. The molecule has 0 fully saturated rings. The minimum Gasteiger partial charge on any atom is -0.497 e. The van der Waals surface area contributed by atoms with Crippen LogP contribution in [0.3, 0.4) is 0 Å². The molecule has 2 amide bonds. The van der Waals surface area contributed by atoms with Gasteiger partial charge in [0, 0.05) is 29.9 Å². The maximum Gasteiger partial charge on any atom is 0.306 e. The Labute approximate surface area is 216 Å². The van der Waals surface area contributed by atoms with Crippen LogP contribution in [0.25, 0.3) is 0 Å². The number of carbonyl (C=O) groups excluding carboxylic acids is 3. The van der Waals surface area contributed by atoms with E-state index >= 15 is 0 Å². The lowest BCUT2D eigenvalue weighted by molar-refractivity contribution is -0.147. The first kappa shape index (κ1) is 27.2. The second-order valence-corrected chi connectivity index (χ2v) is 8.38. The van der Waals surface area contributed by atoms with Gasteiger partial charge in [-0.1, -0.05) is 23.9 Å². The molecule has 0 aliphatic heterocycles. The van der Waals surface area contributed by atoms with Crippen molar-refractivity contribution in [2.24, 2.45) is 0 Å². The number of nitrogens with one attached hydrogen (secondary N) is 3. The van der Waals surface area contributed by atoms with Crippen LogP contribution in [0.5, 0.6) is 11.5 Å². The zero-order chi connectivity index (χ0) is 26.6. The number of amides is 2. The van der Waals surface area contributed by atoms with Crippen molar-refractivity contribution in [1.29, 1.82) is 0 Å². The molecule has 2 aromatic carbocycles. The molecule has 0 aliphatic rings. The van der Waals surface area contributed by atoms with Crippen LogP contribution in [0.1, 0.15) is 12.1 Å². The van der Waals surface area contributed by atoms with Crippen LogP contribution in [-0.2, 0) is 25.5 Å². The molecule has 0 radical (unpaired) electrons. The van der Waals surface area contributed by atoms with Crippen LogP contribution in [0.4, 0.5) is 11.4 Å². The molecule has 3 rings (SSSR count). The van der Waals surface area contributed by atoms with Gasteiger partial charge in [0.15, 0.2) is 11.8 Å². The van der Waals surface area contributed by atoms with E-state index in [1.54, 1.807) is 48.5 Å². The molecule has 0 atom stereocenters. The normalized spacial score (nSPS) is 10.3. The van der Waals surface area contributed by atoms with Crippen molar-refractivity contribution in [2.75, 3.05) is 37.2 Å². The van der Waals surface area contributed by atoms with E-state index in [9.17, 15) is 19.2 Å². The lowest BCUT2D eigenvalue weighted by atomic mass is 10.2. The molecular weight excluding hydrogens is 502 g/mol. The molecule has 1 aromatic heterocycles. The van der Waals surface area contributed by atoms with Crippen molar-refractivity contribution in [3.05, 3.63) is 64.6 Å². The predicted molar refractivity (Wildman–Crippen MR) is 136 cm³/mol. The minimum absolute atomic E-state index is 0.00860. The van der Waals surface area contributed by atoms with Crippen molar-refractivity contribution in [1.82, 2.24) is 15.2 Å². The van der Waals surface area contributed by atoms with E-state index in [-0.39, 0.29) is 35.4 Å². The van der Waals surface area contributed by atoms with Crippen LogP contribution in [0.2, 0.25) is 0 Å². The van der Waals surface area contributed by atoms with E-state index in [4.69, 9.17) is 14.2 Å². The molecular formula is C24H25N5O7S. The monoisotopic (exact) mass is 527 g/mol. The number of aromatic nitrogens is 3. The Kier molecular flexibility index (Phi) is 10.0. The maximum absolute atomic E-state index is 12.3. The van der Waals surface area contributed by atoms with E-state index < -0.39 is 24.0 Å². The number of benzene rings is 2. The highest BCUT2D eigenvalue weighted by atomic mass is 32.2. The topological polar surface area (TPSA) is 162 Å². The summed E-state index contributed by atoms with van der Waals surface area (Å²) in [6, 6.07) is 13.6. The van der Waals surface area contributed by atoms with E-state index in [0.717, 1.165) is 11.8 Å². The SMILES string of the molecule is COc1cccc(NC(=O)COC(=O)CCc2nnc(SCC(=O)Nc3cccc(OC)c3)[nH]c2=O)c1. The Morgan fingerprint density at radius 3 is 2.14 bits per heavy atom. The number of H-pyrrole nitrogens is 1.